The van der Waals surface area contributed by atoms with Gasteiger partial charge in [0.1, 0.15) is 0 Å². The molecule has 2 atom stereocenters. The van der Waals surface area contributed by atoms with Gasteiger partial charge in [-0.25, -0.2) is 0 Å². The molecule has 25 heavy (non-hydrogen) atoms. The lowest BCUT2D eigenvalue weighted by atomic mass is 10.0. The van der Waals surface area contributed by atoms with E-state index >= 15 is 0 Å². The van der Waals surface area contributed by atoms with Gasteiger partial charge in [0.15, 0.2) is 0 Å². The third-order valence-corrected chi connectivity index (χ3v) is 4.90. The van der Waals surface area contributed by atoms with E-state index in [0.29, 0.717) is 18.7 Å². The molecule has 0 fully saturated rings. The fourth-order valence-corrected chi connectivity index (χ4v) is 3.44. The number of hydrogen-bond donors (Lipinski definition) is 3. The van der Waals surface area contributed by atoms with Crippen LogP contribution >= 0.6 is 0 Å². The van der Waals surface area contributed by atoms with Gasteiger partial charge in [-0.2, -0.15) is 0 Å². The molecule has 4 N–H and O–H groups in total. The monoisotopic (exact) mass is 346 g/mol. The summed E-state index contributed by atoms with van der Waals surface area (Å²) in [5.41, 5.74) is 7.39. The van der Waals surface area contributed by atoms with E-state index < -0.39 is 0 Å². The Morgan fingerprint density at radius 3 is 2.64 bits per heavy atom. The largest absolute Gasteiger partial charge is 0.377 e. The van der Waals surface area contributed by atoms with Crippen LogP contribution < -0.4 is 16.0 Å². The van der Waals surface area contributed by atoms with Crippen LogP contribution in [0.3, 0.4) is 0 Å². The summed E-state index contributed by atoms with van der Waals surface area (Å²) in [6.45, 7) is 3.76. The van der Waals surface area contributed by atoms with Crippen LogP contribution in [0.4, 0.5) is 0 Å². The molecule has 1 aliphatic rings. The molecule has 0 saturated carbocycles. The molecule has 0 spiro atoms. The highest BCUT2D eigenvalue weighted by atomic mass is 16.5. The summed E-state index contributed by atoms with van der Waals surface area (Å²) in [6.07, 6.45) is 11.1. The molecule has 1 heterocycles. The summed E-state index contributed by atoms with van der Waals surface area (Å²) < 4.78 is 5.78. The standard InChI is InChI=1S/C21H35N3O/c1-18-11-5-2-3-8-14-20(24-21(22)23-18)15-9-10-16-25-17-19-12-6-4-7-13-19/h4,6-7,12-13,18,20H,2-3,5,8-11,14-17H2,1H3,(H3,22,23,24)/p+1/t18-,20-/m1/s1. The van der Waals surface area contributed by atoms with Crippen LogP contribution in [0.25, 0.3) is 0 Å². The van der Waals surface area contributed by atoms with Crippen LogP contribution in [0.15, 0.2) is 30.3 Å². The van der Waals surface area contributed by atoms with E-state index in [9.17, 15) is 0 Å². The number of nitrogens with two attached hydrogens (primary N) is 1. The van der Waals surface area contributed by atoms with E-state index in [2.05, 4.69) is 41.5 Å². The second-order valence-corrected chi connectivity index (χ2v) is 7.33. The third-order valence-electron chi connectivity index (χ3n) is 4.90. The topological polar surface area (TPSA) is 61.2 Å². The molecule has 0 aliphatic carbocycles. The number of guanidine groups is 1. The third kappa shape index (κ3) is 8.92. The molecule has 1 aromatic rings. The molecule has 4 heteroatoms. The highest BCUT2D eigenvalue weighted by Crippen LogP contribution is 2.11. The Labute approximate surface area is 153 Å². The second-order valence-electron chi connectivity index (χ2n) is 7.33. The SMILES string of the molecule is C[C@@H]1CCCCCC[C@H](CCCCOCc2ccccc2)[NH+]=C(N)N1. The number of rotatable bonds is 7. The number of benzene rings is 1. The average Bonchev–Trinajstić information content (AvgIpc) is 2.64. The van der Waals surface area contributed by atoms with E-state index in [1.807, 2.05) is 6.07 Å². The summed E-state index contributed by atoms with van der Waals surface area (Å²) in [4.78, 5) is 3.50. The lowest BCUT2D eigenvalue weighted by molar-refractivity contribution is -0.508. The van der Waals surface area contributed by atoms with Gasteiger partial charge in [0.25, 0.3) is 0 Å². The van der Waals surface area contributed by atoms with Crippen LogP contribution in [0, 0.1) is 0 Å². The van der Waals surface area contributed by atoms with Gasteiger partial charge in [0.05, 0.1) is 18.7 Å². The van der Waals surface area contributed by atoms with Gasteiger partial charge in [0.2, 0.25) is 0 Å². The van der Waals surface area contributed by atoms with Gasteiger partial charge in [-0.3, -0.25) is 16.0 Å². The fraction of sp³-hybridized carbons (Fsp3) is 0.667. The first-order valence-electron chi connectivity index (χ1n) is 10.0. The van der Waals surface area contributed by atoms with Gasteiger partial charge in [0, 0.05) is 6.61 Å². The van der Waals surface area contributed by atoms with Crippen molar-refractivity contribution in [2.24, 2.45) is 5.73 Å². The fourth-order valence-electron chi connectivity index (χ4n) is 3.44. The maximum absolute atomic E-state index is 6.14. The Kier molecular flexibility index (Phi) is 9.42. The molecule has 4 nitrogen and oxygen atoms in total. The van der Waals surface area contributed by atoms with E-state index in [1.165, 1.54) is 50.5 Å². The molecule has 0 bridgehead atoms. The summed E-state index contributed by atoms with van der Waals surface area (Å²) in [7, 11) is 0. The zero-order valence-electron chi connectivity index (χ0n) is 15.8. The van der Waals surface area contributed by atoms with Crippen molar-refractivity contribution in [3.05, 3.63) is 35.9 Å². The molecule has 1 aliphatic heterocycles. The van der Waals surface area contributed by atoms with Crippen LogP contribution in [0.2, 0.25) is 0 Å². The van der Waals surface area contributed by atoms with Crippen LogP contribution in [-0.4, -0.2) is 24.7 Å². The van der Waals surface area contributed by atoms with Crippen molar-refractivity contribution < 1.29 is 9.73 Å². The molecular formula is C21H36N3O+. The quantitative estimate of drug-likeness (QED) is 0.665. The molecule has 140 valence electrons. The Morgan fingerprint density at radius 2 is 1.84 bits per heavy atom. The van der Waals surface area contributed by atoms with Crippen molar-refractivity contribution in [2.45, 2.75) is 83.4 Å². The minimum atomic E-state index is 0.456. The molecule has 0 unspecified atom stereocenters. The van der Waals surface area contributed by atoms with Gasteiger partial charge >= 0.3 is 5.96 Å². The Balaban J connectivity index is 1.66. The minimum Gasteiger partial charge on any atom is -0.377 e. The van der Waals surface area contributed by atoms with Gasteiger partial charge in [-0.05, 0) is 44.6 Å². The Bertz CT molecular complexity index is 489. The minimum absolute atomic E-state index is 0.456. The number of hydrogen-bond acceptors (Lipinski definition) is 3. The summed E-state index contributed by atoms with van der Waals surface area (Å²) in [6, 6.07) is 11.3. The maximum Gasteiger partial charge on any atom is 0.341 e. The molecule has 0 amide bonds. The Morgan fingerprint density at radius 1 is 1.08 bits per heavy atom. The first kappa shape index (κ1) is 19.8. The highest BCUT2D eigenvalue weighted by Gasteiger charge is 2.14. The molecular weight excluding hydrogens is 310 g/mol. The van der Waals surface area contributed by atoms with Crippen molar-refractivity contribution in [1.29, 1.82) is 0 Å². The van der Waals surface area contributed by atoms with Crippen molar-refractivity contribution >= 4 is 5.96 Å². The summed E-state index contributed by atoms with van der Waals surface area (Å²) in [5, 5.41) is 3.39. The zero-order chi connectivity index (χ0) is 17.7. The molecule has 1 aromatic carbocycles. The van der Waals surface area contributed by atoms with E-state index in [4.69, 9.17) is 10.5 Å². The normalized spacial score (nSPS) is 22.5. The molecule has 0 aromatic heterocycles. The highest BCUT2D eigenvalue weighted by molar-refractivity contribution is 5.71. The van der Waals surface area contributed by atoms with Crippen molar-refractivity contribution in [1.82, 2.24) is 5.32 Å². The summed E-state index contributed by atoms with van der Waals surface area (Å²) in [5.74, 6) is 0.750. The van der Waals surface area contributed by atoms with Crippen LogP contribution in [0.5, 0.6) is 0 Å². The second kappa shape index (κ2) is 11.9. The van der Waals surface area contributed by atoms with Gasteiger partial charge in [-0.1, -0.05) is 56.0 Å². The number of nitrogens with one attached hydrogen (secondary N) is 2. The van der Waals surface area contributed by atoms with Crippen molar-refractivity contribution in [2.75, 3.05) is 6.61 Å². The lowest BCUT2D eigenvalue weighted by Crippen LogP contribution is -2.84. The van der Waals surface area contributed by atoms with Crippen molar-refractivity contribution in [3.63, 3.8) is 0 Å². The zero-order valence-corrected chi connectivity index (χ0v) is 15.8. The first-order valence-corrected chi connectivity index (χ1v) is 10.0. The van der Waals surface area contributed by atoms with Crippen LogP contribution in [-0.2, 0) is 11.3 Å². The number of unbranched alkanes of at least 4 members (excludes halogenated alkanes) is 1. The predicted molar refractivity (Wildman–Crippen MR) is 104 cm³/mol. The summed E-state index contributed by atoms with van der Waals surface area (Å²) >= 11 is 0. The van der Waals surface area contributed by atoms with E-state index in [-0.39, 0.29) is 0 Å². The van der Waals surface area contributed by atoms with E-state index in [0.717, 1.165) is 25.4 Å². The first-order chi connectivity index (χ1) is 12.2. The smallest absolute Gasteiger partial charge is 0.341 e. The average molecular weight is 347 g/mol. The van der Waals surface area contributed by atoms with E-state index in [1.54, 1.807) is 0 Å². The molecule has 2 rings (SSSR count). The van der Waals surface area contributed by atoms with Crippen LogP contribution in [0.1, 0.15) is 70.3 Å². The molecule has 0 saturated heterocycles. The lowest BCUT2D eigenvalue weighted by Gasteiger charge is -2.13. The molecule has 0 radical (unpaired) electrons. The predicted octanol–water partition coefficient (Wildman–Crippen LogP) is 2.47. The maximum atomic E-state index is 6.14. The van der Waals surface area contributed by atoms with Gasteiger partial charge < -0.3 is 4.74 Å². The van der Waals surface area contributed by atoms with Gasteiger partial charge in [-0.15, -0.1) is 0 Å². The Hall–Kier alpha value is -1.55. The number of ether oxygens (including phenoxy) is 1. The van der Waals surface area contributed by atoms with Crippen molar-refractivity contribution in [3.8, 4) is 0 Å².